The Labute approximate surface area is 177 Å². The maximum atomic E-state index is 12.3. The number of ether oxygens (including phenoxy) is 1. The first-order valence-electron chi connectivity index (χ1n) is 9.30. The Morgan fingerprint density at radius 2 is 1.68 bits per heavy atom. The Hall–Kier alpha value is -4.46. The van der Waals surface area contributed by atoms with E-state index in [0.717, 1.165) is 0 Å². The number of carboxylic acid groups (broad SMARTS) is 1. The summed E-state index contributed by atoms with van der Waals surface area (Å²) >= 11 is 0. The molecule has 0 aliphatic rings. The molecule has 1 aromatic heterocycles. The monoisotopic (exact) mass is 415 g/mol. The predicted octanol–water partition coefficient (Wildman–Crippen LogP) is 4.82. The van der Waals surface area contributed by atoms with Gasteiger partial charge in [-0.2, -0.15) is 5.10 Å². The Morgan fingerprint density at radius 3 is 2.29 bits per heavy atom. The molecule has 31 heavy (non-hydrogen) atoms. The number of carboxylic acids is 1. The van der Waals surface area contributed by atoms with E-state index >= 15 is 0 Å². The molecule has 0 amide bonds. The van der Waals surface area contributed by atoms with E-state index in [1.54, 1.807) is 61.7 Å². The lowest BCUT2D eigenvalue weighted by Crippen LogP contribution is -2.03. The van der Waals surface area contributed by atoms with E-state index in [2.05, 4.69) is 5.10 Å². The number of hydrogen-bond acceptors (Lipinski definition) is 5. The van der Waals surface area contributed by atoms with E-state index < -0.39 is 10.9 Å². The maximum absolute atomic E-state index is 12.3. The molecule has 1 N–H and O–H groups in total. The highest BCUT2D eigenvalue weighted by atomic mass is 16.6. The first-order chi connectivity index (χ1) is 15.0. The van der Waals surface area contributed by atoms with Crippen LogP contribution in [0.3, 0.4) is 0 Å². The smallest absolute Gasteiger partial charge is 0.340 e. The lowest BCUT2D eigenvalue weighted by Gasteiger charge is -2.09. The molecule has 0 radical (unpaired) electrons. The van der Waals surface area contributed by atoms with Crippen molar-refractivity contribution in [3.8, 4) is 34.0 Å². The van der Waals surface area contributed by atoms with Crippen molar-refractivity contribution in [1.82, 2.24) is 9.78 Å². The first kappa shape index (κ1) is 19.8. The van der Waals surface area contributed by atoms with Crippen LogP contribution in [0.5, 0.6) is 5.75 Å². The number of non-ortho nitro benzene ring substituents is 1. The molecule has 154 valence electrons. The van der Waals surface area contributed by atoms with Crippen molar-refractivity contribution < 1.29 is 19.6 Å². The highest BCUT2D eigenvalue weighted by Gasteiger charge is 2.27. The third-order valence-electron chi connectivity index (χ3n) is 4.79. The van der Waals surface area contributed by atoms with Crippen LogP contribution < -0.4 is 4.74 Å². The second-order valence-corrected chi connectivity index (χ2v) is 6.66. The normalized spacial score (nSPS) is 10.6. The van der Waals surface area contributed by atoms with Crippen LogP contribution in [0.1, 0.15) is 10.4 Å². The fraction of sp³-hybridized carbons (Fsp3) is 0.0435. The summed E-state index contributed by atoms with van der Waals surface area (Å²) in [5.74, 6) is -0.533. The maximum Gasteiger partial charge on any atom is 0.340 e. The summed E-state index contributed by atoms with van der Waals surface area (Å²) in [6.07, 6.45) is 0. The van der Waals surface area contributed by atoms with E-state index in [4.69, 9.17) is 4.74 Å². The van der Waals surface area contributed by atoms with E-state index in [1.807, 2.05) is 6.07 Å². The number of benzene rings is 3. The van der Waals surface area contributed by atoms with Crippen LogP contribution in [-0.4, -0.2) is 32.9 Å². The Bertz CT molecular complexity index is 1260. The van der Waals surface area contributed by atoms with Gasteiger partial charge in [-0.1, -0.05) is 42.5 Å². The number of carbonyl (C=O) groups is 1. The lowest BCUT2D eigenvalue weighted by atomic mass is 10.0. The fourth-order valence-electron chi connectivity index (χ4n) is 3.36. The number of aromatic carboxylic acids is 1. The molecule has 8 heteroatoms. The van der Waals surface area contributed by atoms with Crippen molar-refractivity contribution in [2.45, 2.75) is 0 Å². The van der Waals surface area contributed by atoms with Gasteiger partial charge in [0.2, 0.25) is 0 Å². The number of aromatic nitrogens is 2. The zero-order valence-electron chi connectivity index (χ0n) is 16.4. The summed E-state index contributed by atoms with van der Waals surface area (Å²) in [5.41, 5.74) is 1.96. The second kappa shape index (κ2) is 8.11. The van der Waals surface area contributed by atoms with Crippen LogP contribution in [0.4, 0.5) is 5.69 Å². The molecule has 0 fully saturated rings. The largest absolute Gasteiger partial charge is 0.497 e. The number of nitrogens with zero attached hydrogens (tertiary/aromatic N) is 3. The average Bonchev–Trinajstić information content (AvgIpc) is 3.21. The molecular weight excluding hydrogens is 398 g/mol. The molecule has 0 aliphatic heterocycles. The van der Waals surface area contributed by atoms with Crippen LogP contribution in [0.2, 0.25) is 0 Å². The number of methoxy groups -OCH3 is 1. The van der Waals surface area contributed by atoms with Gasteiger partial charge in [0.15, 0.2) is 0 Å². The molecule has 0 aliphatic carbocycles. The van der Waals surface area contributed by atoms with E-state index in [1.165, 1.54) is 22.9 Å². The van der Waals surface area contributed by atoms with Gasteiger partial charge in [0, 0.05) is 23.3 Å². The predicted molar refractivity (Wildman–Crippen MR) is 115 cm³/mol. The van der Waals surface area contributed by atoms with Crippen molar-refractivity contribution >= 4 is 11.7 Å². The summed E-state index contributed by atoms with van der Waals surface area (Å²) in [7, 11) is 1.56. The molecule has 1 heterocycles. The number of rotatable bonds is 6. The first-order valence-corrected chi connectivity index (χ1v) is 9.30. The molecular formula is C23H17N3O5. The average molecular weight is 415 g/mol. The van der Waals surface area contributed by atoms with Crippen molar-refractivity contribution in [1.29, 1.82) is 0 Å². The van der Waals surface area contributed by atoms with E-state index in [0.29, 0.717) is 28.3 Å². The minimum Gasteiger partial charge on any atom is -0.497 e. The van der Waals surface area contributed by atoms with Crippen molar-refractivity contribution in [3.05, 3.63) is 94.5 Å². The molecule has 0 unspecified atom stereocenters. The summed E-state index contributed by atoms with van der Waals surface area (Å²) in [5, 5.41) is 25.9. The SMILES string of the molecule is COc1ccc(-n2nc(-c3cccc([N+](=O)[O-])c3)c(C(=O)O)c2-c2ccccc2)cc1. The molecule has 4 aromatic rings. The van der Waals surface area contributed by atoms with Gasteiger partial charge in [0.1, 0.15) is 17.0 Å². The van der Waals surface area contributed by atoms with Gasteiger partial charge in [0.05, 0.1) is 23.4 Å². The Kier molecular flexibility index (Phi) is 5.19. The van der Waals surface area contributed by atoms with E-state index in [9.17, 15) is 20.0 Å². The quantitative estimate of drug-likeness (QED) is 0.357. The van der Waals surface area contributed by atoms with Gasteiger partial charge < -0.3 is 9.84 Å². The van der Waals surface area contributed by atoms with Crippen molar-refractivity contribution in [2.75, 3.05) is 7.11 Å². The van der Waals surface area contributed by atoms with Crippen LogP contribution in [0, 0.1) is 10.1 Å². The highest BCUT2D eigenvalue weighted by molar-refractivity contribution is 6.02. The molecule has 0 bridgehead atoms. The van der Waals surface area contributed by atoms with Gasteiger partial charge in [-0.3, -0.25) is 10.1 Å². The van der Waals surface area contributed by atoms with Crippen LogP contribution in [0.15, 0.2) is 78.9 Å². The van der Waals surface area contributed by atoms with Crippen LogP contribution in [-0.2, 0) is 0 Å². The molecule has 0 spiro atoms. The summed E-state index contributed by atoms with van der Waals surface area (Å²) in [4.78, 5) is 23.1. The van der Waals surface area contributed by atoms with Crippen LogP contribution in [0.25, 0.3) is 28.2 Å². The minimum atomic E-state index is -1.18. The minimum absolute atomic E-state index is 0.0393. The Morgan fingerprint density at radius 1 is 1.00 bits per heavy atom. The van der Waals surface area contributed by atoms with Gasteiger partial charge in [0.25, 0.3) is 5.69 Å². The summed E-state index contributed by atoms with van der Waals surface area (Å²) < 4.78 is 6.74. The topological polar surface area (TPSA) is 107 Å². The Balaban J connectivity index is 2.02. The lowest BCUT2D eigenvalue weighted by molar-refractivity contribution is -0.384. The zero-order valence-corrected chi connectivity index (χ0v) is 16.4. The van der Waals surface area contributed by atoms with Gasteiger partial charge in [-0.25, -0.2) is 9.48 Å². The molecule has 0 saturated carbocycles. The molecule has 0 atom stereocenters. The number of nitro groups is 1. The van der Waals surface area contributed by atoms with Crippen LogP contribution >= 0.6 is 0 Å². The van der Waals surface area contributed by atoms with Crippen molar-refractivity contribution in [2.24, 2.45) is 0 Å². The third-order valence-corrected chi connectivity index (χ3v) is 4.79. The standard InChI is InChI=1S/C23H17N3O5/c1-31-19-12-10-17(11-13-19)25-22(15-6-3-2-4-7-15)20(23(27)28)21(24-25)16-8-5-9-18(14-16)26(29)30/h2-14H,1H3,(H,27,28). The van der Waals surface area contributed by atoms with Gasteiger partial charge in [-0.05, 0) is 24.3 Å². The zero-order chi connectivity index (χ0) is 22.0. The summed E-state index contributed by atoms with van der Waals surface area (Å²) in [6, 6.07) is 21.8. The summed E-state index contributed by atoms with van der Waals surface area (Å²) in [6.45, 7) is 0. The molecule has 8 nitrogen and oxygen atoms in total. The number of nitro benzene ring substituents is 1. The molecule has 4 rings (SSSR count). The van der Waals surface area contributed by atoms with Crippen molar-refractivity contribution in [3.63, 3.8) is 0 Å². The number of hydrogen-bond donors (Lipinski definition) is 1. The fourth-order valence-corrected chi connectivity index (χ4v) is 3.36. The molecule has 0 saturated heterocycles. The van der Waals surface area contributed by atoms with Gasteiger partial charge in [-0.15, -0.1) is 0 Å². The van der Waals surface area contributed by atoms with E-state index in [-0.39, 0.29) is 16.9 Å². The second-order valence-electron chi connectivity index (χ2n) is 6.66. The third kappa shape index (κ3) is 3.74. The molecule has 3 aromatic carbocycles. The highest BCUT2D eigenvalue weighted by Crippen LogP contribution is 2.35. The van der Waals surface area contributed by atoms with Gasteiger partial charge >= 0.3 is 5.97 Å².